The molecule has 0 atom stereocenters. The number of aromatic nitrogens is 2. The predicted octanol–water partition coefficient (Wildman–Crippen LogP) is 3.09. The van der Waals surface area contributed by atoms with E-state index in [9.17, 15) is 8.78 Å². The number of hydrogen-bond acceptors (Lipinski definition) is 2. The third-order valence-corrected chi connectivity index (χ3v) is 2.96. The Morgan fingerprint density at radius 2 is 2.06 bits per heavy atom. The number of aryl methyl sites for hydroxylation is 1. The second kappa shape index (κ2) is 5.63. The summed E-state index contributed by atoms with van der Waals surface area (Å²) in [6.07, 6.45) is 0.755. The van der Waals surface area contributed by atoms with Crippen molar-refractivity contribution in [1.82, 2.24) is 9.55 Å². The third kappa shape index (κ3) is 2.47. The molecule has 0 unspecified atom stereocenters. The molecule has 0 N–H and O–H groups in total. The number of imidazole rings is 1. The minimum atomic E-state index is -0.898. The fourth-order valence-electron chi connectivity index (χ4n) is 1.89. The van der Waals surface area contributed by atoms with Crippen molar-refractivity contribution in [1.29, 1.82) is 0 Å². The van der Waals surface area contributed by atoms with Gasteiger partial charge in [0.15, 0.2) is 11.6 Å². The molecule has 0 fully saturated rings. The molecule has 0 aliphatic carbocycles. The van der Waals surface area contributed by atoms with Crippen LogP contribution in [-0.4, -0.2) is 23.3 Å². The first kappa shape index (κ1) is 13.2. The Labute approximate surface area is 108 Å². The van der Waals surface area contributed by atoms with Crippen molar-refractivity contribution in [2.24, 2.45) is 0 Å². The number of rotatable bonds is 5. The summed E-state index contributed by atoms with van der Waals surface area (Å²) in [4.78, 5) is 4.20. The molecule has 2 rings (SSSR count). The van der Waals surface area contributed by atoms with E-state index in [1.807, 2.05) is 0 Å². The first-order valence-corrected chi connectivity index (χ1v) is 6.10. The third-order valence-electron chi connectivity index (χ3n) is 2.72. The molecule has 0 saturated carbocycles. The van der Waals surface area contributed by atoms with Gasteiger partial charge in [-0.3, -0.25) is 0 Å². The summed E-state index contributed by atoms with van der Waals surface area (Å²) in [6.45, 7) is 1.20. The van der Waals surface area contributed by atoms with Crippen molar-refractivity contribution >= 4 is 22.6 Å². The number of alkyl halides is 1. The highest BCUT2D eigenvalue weighted by Crippen LogP contribution is 2.21. The summed E-state index contributed by atoms with van der Waals surface area (Å²) < 4.78 is 33.1. The summed E-state index contributed by atoms with van der Waals surface area (Å²) in [6, 6.07) is 2.24. The zero-order valence-electron chi connectivity index (χ0n) is 9.92. The highest BCUT2D eigenvalue weighted by molar-refractivity contribution is 6.16. The second-order valence-electron chi connectivity index (χ2n) is 3.91. The van der Waals surface area contributed by atoms with Crippen LogP contribution >= 0.6 is 11.6 Å². The predicted molar refractivity (Wildman–Crippen MR) is 65.7 cm³/mol. The molecule has 1 heterocycles. The summed E-state index contributed by atoms with van der Waals surface area (Å²) in [5, 5.41) is 0. The lowest BCUT2D eigenvalue weighted by Crippen LogP contribution is -2.05. The molecule has 0 aliphatic heterocycles. The number of nitrogens with zero attached hydrogens (tertiary/aromatic N) is 2. The molecule has 0 amide bonds. The highest BCUT2D eigenvalue weighted by atomic mass is 35.5. The van der Waals surface area contributed by atoms with E-state index in [0.717, 1.165) is 18.6 Å². The topological polar surface area (TPSA) is 27.1 Å². The van der Waals surface area contributed by atoms with Crippen LogP contribution in [-0.2, 0) is 17.2 Å². The summed E-state index contributed by atoms with van der Waals surface area (Å²) in [5.74, 6) is -0.973. The highest BCUT2D eigenvalue weighted by Gasteiger charge is 2.13. The van der Waals surface area contributed by atoms with Gasteiger partial charge in [-0.2, -0.15) is 0 Å². The van der Waals surface area contributed by atoms with E-state index >= 15 is 0 Å². The lowest BCUT2D eigenvalue weighted by Gasteiger charge is -2.07. The maximum absolute atomic E-state index is 13.3. The fraction of sp³-hybridized carbons (Fsp3) is 0.417. The van der Waals surface area contributed by atoms with Crippen molar-refractivity contribution in [2.45, 2.75) is 18.8 Å². The Morgan fingerprint density at radius 1 is 1.33 bits per heavy atom. The Morgan fingerprint density at radius 3 is 2.72 bits per heavy atom. The van der Waals surface area contributed by atoms with Gasteiger partial charge in [0.25, 0.3) is 0 Å². The van der Waals surface area contributed by atoms with Crippen LogP contribution in [0.4, 0.5) is 8.78 Å². The number of hydrogen-bond donors (Lipinski definition) is 0. The Kier molecular flexibility index (Phi) is 4.14. The van der Waals surface area contributed by atoms with Gasteiger partial charge >= 0.3 is 0 Å². The Balaban J connectivity index is 2.44. The Bertz CT molecular complexity index is 556. The zero-order chi connectivity index (χ0) is 13.1. The molecule has 0 spiro atoms. The van der Waals surface area contributed by atoms with Crippen LogP contribution in [0.3, 0.4) is 0 Å². The first-order valence-electron chi connectivity index (χ1n) is 5.56. The van der Waals surface area contributed by atoms with Crippen molar-refractivity contribution in [3.8, 4) is 0 Å². The van der Waals surface area contributed by atoms with E-state index in [2.05, 4.69) is 4.98 Å². The van der Waals surface area contributed by atoms with Gasteiger partial charge in [-0.05, 0) is 6.42 Å². The molecule has 0 saturated heterocycles. The van der Waals surface area contributed by atoms with Crippen LogP contribution in [0.15, 0.2) is 12.1 Å². The lowest BCUT2D eigenvalue weighted by atomic mass is 10.3. The van der Waals surface area contributed by atoms with Crippen LogP contribution in [0, 0.1) is 11.6 Å². The summed E-state index contributed by atoms with van der Waals surface area (Å²) in [7, 11) is 1.61. The van der Waals surface area contributed by atoms with Gasteiger partial charge < -0.3 is 9.30 Å². The molecule has 0 bridgehead atoms. The van der Waals surface area contributed by atoms with Crippen LogP contribution in [0.5, 0.6) is 0 Å². The summed E-state index contributed by atoms with van der Waals surface area (Å²) in [5.41, 5.74) is 0.975. The molecule has 2 aromatic rings. The normalized spacial score (nSPS) is 11.3. The fourth-order valence-corrected chi connectivity index (χ4v) is 2.09. The van der Waals surface area contributed by atoms with Gasteiger partial charge in [0, 0.05) is 32.4 Å². The maximum Gasteiger partial charge on any atom is 0.161 e. The molecule has 0 aliphatic rings. The van der Waals surface area contributed by atoms with E-state index in [1.54, 1.807) is 11.7 Å². The number of benzene rings is 1. The van der Waals surface area contributed by atoms with Crippen LogP contribution in [0.1, 0.15) is 12.2 Å². The summed E-state index contributed by atoms with van der Waals surface area (Å²) >= 11 is 5.79. The number of fused-ring (bicyclic) bond motifs is 1. The average molecular weight is 275 g/mol. The van der Waals surface area contributed by atoms with Crippen molar-refractivity contribution < 1.29 is 13.5 Å². The van der Waals surface area contributed by atoms with Gasteiger partial charge in [-0.1, -0.05) is 0 Å². The zero-order valence-corrected chi connectivity index (χ0v) is 10.7. The molecule has 0 radical (unpaired) electrons. The van der Waals surface area contributed by atoms with E-state index in [-0.39, 0.29) is 5.88 Å². The molecule has 6 heteroatoms. The molecule has 1 aromatic carbocycles. The quantitative estimate of drug-likeness (QED) is 0.619. The minimum Gasteiger partial charge on any atom is -0.385 e. The van der Waals surface area contributed by atoms with Gasteiger partial charge in [0.05, 0.1) is 16.9 Å². The van der Waals surface area contributed by atoms with E-state index in [1.165, 1.54) is 0 Å². The number of methoxy groups -OCH3 is 1. The van der Waals surface area contributed by atoms with Crippen LogP contribution < -0.4 is 0 Å². The number of ether oxygens (including phenoxy) is 1. The van der Waals surface area contributed by atoms with Gasteiger partial charge in [-0.15, -0.1) is 11.6 Å². The molecule has 18 heavy (non-hydrogen) atoms. The van der Waals surface area contributed by atoms with Crippen molar-refractivity contribution in [3.05, 3.63) is 29.6 Å². The van der Waals surface area contributed by atoms with Crippen LogP contribution in [0.2, 0.25) is 0 Å². The number of halogens is 3. The smallest absolute Gasteiger partial charge is 0.161 e. The minimum absolute atomic E-state index is 0.199. The Hall–Kier alpha value is -1.20. The largest absolute Gasteiger partial charge is 0.385 e. The molecule has 98 valence electrons. The monoisotopic (exact) mass is 274 g/mol. The second-order valence-corrected chi connectivity index (χ2v) is 4.18. The molecule has 1 aromatic heterocycles. The van der Waals surface area contributed by atoms with E-state index in [4.69, 9.17) is 16.3 Å². The van der Waals surface area contributed by atoms with Gasteiger partial charge in [0.2, 0.25) is 0 Å². The lowest BCUT2D eigenvalue weighted by molar-refractivity contribution is 0.190. The first-order chi connectivity index (χ1) is 8.67. The van der Waals surface area contributed by atoms with E-state index < -0.39 is 11.6 Å². The standard InChI is InChI=1S/C12H13ClF2N2O/c1-18-4-2-3-17-11-6-9(15)8(14)5-10(11)16-12(17)7-13/h5-6H,2-4,7H2,1H3. The SMILES string of the molecule is COCCCn1c(CCl)nc2cc(F)c(F)cc21. The van der Waals surface area contributed by atoms with E-state index in [0.29, 0.717) is 30.0 Å². The molecular weight excluding hydrogens is 262 g/mol. The van der Waals surface area contributed by atoms with Crippen molar-refractivity contribution in [2.75, 3.05) is 13.7 Å². The van der Waals surface area contributed by atoms with Gasteiger partial charge in [0.1, 0.15) is 5.82 Å². The van der Waals surface area contributed by atoms with Gasteiger partial charge in [-0.25, -0.2) is 13.8 Å². The molecular formula is C12H13ClF2N2O. The molecule has 3 nitrogen and oxygen atoms in total. The van der Waals surface area contributed by atoms with Crippen molar-refractivity contribution in [3.63, 3.8) is 0 Å². The van der Waals surface area contributed by atoms with Crippen LogP contribution in [0.25, 0.3) is 11.0 Å². The average Bonchev–Trinajstić information content (AvgIpc) is 2.68. The maximum atomic E-state index is 13.3.